The Morgan fingerprint density at radius 2 is 0.940 bits per heavy atom. The molecular weight excluding hydrogens is 628 g/mol. The standard InChI is InChI=1S/C42H60N2O6/c1-9-47-41(45)39(29(3)4)49-37-23-19-21-35-33(37)27-31(7)43(35)25-17-15-13-11-12-14-16-18-26-44-32(8)28-34-36(44)22-20-24-38(34)50-40(30(5)6)42(46)48-10-2/h19-24,27-30,39-40H,9-18,25-26H2,1-8H3. The van der Waals surface area contributed by atoms with Gasteiger partial charge in [-0.3, -0.25) is 0 Å². The SMILES string of the molecule is CCOC(=O)C(Oc1cccc2c1cc(C)n2CCCCCCCCCCn1c(C)cc2c(OC(C(=O)OCC)C(C)C)cccc21)C(C)C. The lowest BCUT2D eigenvalue weighted by molar-refractivity contribution is -0.154. The largest absolute Gasteiger partial charge is 0.478 e. The third-order valence-corrected chi connectivity index (χ3v) is 9.50. The van der Waals surface area contributed by atoms with Crippen LogP contribution in [-0.2, 0) is 32.2 Å². The summed E-state index contributed by atoms with van der Waals surface area (Å²) in [4.78, 5) is 25.0. The van der Waals surface area contributed by atoms with Gasteiger partial charge in [0.2, 0.25) is 0 Å². The van der Waals surface area contributed by atoms with Crippen molar-refractivity contribution in [2.75, 3.05) is 13.2 Å². The highest BCUT2D eigenvalue weighted by Crippen LogP contribution is 2.32. The van der Waals surface area contributed by atoms with E-state index in [1.165, 1.54) is 49.9 Å². The zero-order chi connectivity index (χ0) is 36.2. The number of carbonyl (C=O) groups is 2. The molecule has 0 radical (unpaired) electrons. The Kier molecular flexibility index (Phi) is 14.7. The molecule has 0 spiro atoms. The summed E-state index contributed by atoms with van der Waals surface area (Å²) in [6, 6.07) is 16.6. The summed E-state index contributed by atoms with van der Waals surface area (Å²) in [6.07, 6.45) is 8.45. The van der Waals surface area contributed by atoms with Crippen molar-refractivity contribution in [2.24, 2.45) is 11.8 Å². The molecule has 0 aliphatic heterocycles. The fourth-order valence-corrected chi connectivity index (χ4v) is 6.81. The molecule has 2 aromatic carbocycles. The number of nitrogens with zero attached hydrogens (tertiary/aromatic N) is 2. The summed E-state index contributed by atoms with van der Waals surface area (Å²) in [6.45, 7) is 18.5. The molecule has 4 rings (SSSR count). The number of hydrogen-bond donors (Lipinski definition) is 0. The number of carbonyl (C=O) groups excluding carboxylic acids is 2. The molecule has 4 aromatic rings. The van der Waals surface area contributed by atoms with Crippen LogP contribution >= 0.6 is 0 Å². The number of hydrogen-bond acceptors (Lipinski definition) is 6. The van der Waals surface area contributed by atoms with Crippen LogP contribution in [0, 0.1) is 25.7 Å². The first-order valence-corrected chi connectivity index (χ1v) is 18.9. The van der Waals surface area contributed by atoms with E-state index in [0.29, 0.717) is 13.2 Å². The Bertz CT molecular complexity index is 1560. The third kappa shape index (κ3) is 9.85. The first-order chi connectivity index (χ1) is 24.1. The molecule has 0 aliphatic rings. The van der Waals surface area contributed by atoms with Crippen molar-refractivity contribution in [3.05, 3.63) is 59.9 Å². The van der Waals surface area contributed by atoms with E-state index in [9.17, 15) is 9.59 Å². The van der Waals surface area contributed by atoms with Gasteiger partial charge < -0.3 is 28.1 Å². The molecule has 50 heavy (non-hydrogen) atoms. The first-order valence-electron chi connectivity index (χ1n) is 18.9. The van der Waals surface area contributed by atoms with Crippen LogP contribution in [0.25, 0.3) is 21.8 Å². The molecule has 8 heteroatoms. The van der Waals surface area contributed by atoms with Gasteiger partial charge in [0.15, 0.2) is 12.2 Å². The number of rotatable bonds is 21. The van der Waals surface area contributed by atoms with E-state index < -0.39 is 12.2 Å². The van der Waals surface area contributed by atoms with E-state index in [2.05, 4.69) is 47.2 Å². The zero-order valence-electron chi connectivity index (χ0n) is 31.8. The predicted octanol–water partition coefficient (Wildman–Crippen LogP) is 9.97. The number of aryl methyl sites for hydroxylation is 4. The maximum absolute atomic E-state index is 12.5. The summed E-state index contributed by atoms with van der Waals surface area (Å²) in [5.41, 5.74) is 4.72. The number of fused-ring (bicyclic) bond motifs is 2. The van der Waals surface area contributed by atoms with E-state index in [-0.39, 0.29) is 23.8 Å². The van der Waals surface area contributed by atoms with E-state index in [1.54, 1.807) is 0 Å². The van der Waals surface area contributed by atoms with Gasteiger partial charge >= 0.3 is 11.9 Å². The Balaban J connectivity index is 1.20. The Hall–Kier alpha value is -3.94. The molecule has 2 unspecified atom stereocenters. The minimum absolute atomic E-state index is 0.00896. The van der Waals surface area contributed by atoms with Crippen molar-refractivity contribution in [1.82, 2.24) is 9.13 Å². The van der Waals surface area contributed by atoms with Crippen molar-refractivity contribution in [3.63, 3.8) is 0 Å². The number of esters is 2. The van der Waals surface area contributed by atoms with E-state index in [4.69, 9.17) is 18.9 Å². The maximum atomic E-state index is 12.5. The molecule has 0 aliphatic carbocycles. The third-order valence-electron chi connectivity index (χ3n) is 9.50. The molecule has 0 saturated carbocycles. The molecular formula is C42H60N2O6. The average molecular weight is 689 g/mol. The van der Waals surface area contributed by atoms with Gasteiger partial charge in [-0.15, -0.1) is 0 Å². The summed E-state index contributed by atoms with van der Waals surface area (Å²) in [7, 11) is 0. The quantitative estimate of drug-likeness (QED) is 0.0640. The molecule has 8 nitrogen and oxygen atoms in total. The van der Waals surface area contributed by atoms with Crippen molar-refractivity contribution >= 4 is 33.7 Å². The van der Waals surface area contributed by atoms with Gasteiger partial charge in [-0.25, -0.2) is 9.59 Å². The lowest BCUT2D eigenvalue weighted by Crippen LogP contribution is -2.34. The van der Waals surface area contributed by atoms with Gasteiger partial charge in [0.25, 0.3) is 0 Å². The summed E-state index contributed by atoms with van der Waals surface area (Å²) in [5, 5.41) is 2.09. The van der Waals surface area contributed by atoms with E-state index in [0.717, 1.165) is 59.2 Å². The van der Waals surface area contributed by atoms with Gasteiger partial charge in [-0.05, 0) is 76.9 Å². The summed E-state index contributed by atoms with van der Waals surface area (Å²) in [5.74, 6) is 0.870. The number of unbranched alkanes of at least 4 members (excludes halogenated alkanes) is 7. The topological polar surface area (TPSA) is 80.9 Å². The molecule has 0 amide bonds. The second kappa shape index (κ2) is 18.9. The minimum Gasteiger partial charge on any atom is -0.478 e. The van der Waals surface area contributed by atoms with Crippen molar-refractivity contribution in [2.45, 2.75) is 132 Å². The van der Waals surface area contributed by atoms with Crippen LogP contribution in [0.2, 0.25) is 0 Å². The normalized spacial score (nSPS) is 12.9. The molecule has 0 N–H and O–H groups in total. The van der Waals surface area contributed by atoms with Crippen LogP contribution in [0.1, 0.15) is 104 Å². The van der Waals surface area contributed by atoms with Gasteiger partial charge in [0, 0.05) is 47.1 Å². The predicted molar refractivity (Wildman–Crippen MR) is 202 cm³/mol. The summed E-state index contributed by atoms with van der Waals surface area (Å²) >= 11 is 0. The molecule has 0 saturated heterocycles. The van der Waals surface area contributed by atoms with Crippen LogP contribution in [-0.4, -0.2) is 46.5 Å². The van der Waals surface area contributed by atoms with Crippen LogP contribution in [0.15, 0.2) is 48.5 Å². The molecule has 0 bridgehead atoms. The summed E-state index contributed by atoms with van der Waals surface area (Å²) < 4.78 is 27.8. The highest BCUT2D eigenvalue weighted by Gasteiger charge is 2.28. The second-order valence-corrected chi connectivity index (χ2v) is 14.2. The lowest BCUT2D eigenvalue weighted by atomic mass is 10.1. The molecule has 2 aromatic heterocycles. The van der Waals surface area contributed by atoms with Crippen LogP contribution in [0.3, 0.4) is 0 Å². The Morgan fingerprint density at radius 1 is 0.580 bits per heavy atom. The monoisotopic (exact) mass is 688 g/mol. The highest BCUT2D eigenvalue weighted by atomic mass is 16.6. The smallest absolute Gasteiger partial charge is 0.347 e. The molecule has 2 heterocycles. The first kappa shape index (κ1) is 38.9. The fourth-order valence-electron chi connectivity index (χ4n) is 6.81. The number of ether oxygens (including phenoxy) is 4. The van der Waals surface area contributed by atoms with Crippen molar-refractivity contribution < 1.29 is 28.5 Å². The highest BCUT2D eigenvalue weighted by molar-refractivity contribution is 5.89. The van der Waals surface area contributed by atoms with Gasteiger partial charge in [-0.2, -0.15) is 0 Å². The fraction of sp³-hybridized carbons (Fsp3) is 0.571. The Labute approximate surface area is 299 Å². The van der Waals surface area contributed by atoms with Crippen molar-refractivity contribution in [1.29, 1.82) is 0 Å². The zero-order valence-corrected chi connectivity index (χ0v) is 31.8. The molecule has 274 valence electrons. The molecule has 2 atom stereocenters. The van der Waals surface area contributed by atoms with Gasteiger partial charge in [0.05, 0.1) is 24.2 Å². The molecule has 0 fully saturated rings. The van der Waals surface area contributed by atoms with Crippen LogP contribution in [0.5, 0.6) is 11.5 Å². The minimum atomic E-state index is -0.626. The van der Waals surface area contributed by atoms with Gasteiger partial charge in [0.1, 0.15) is 11.5 Å². The van der Waals surface area contributed by atoms with Crippen LogP contribution in [0.4, 0.5) is 0 Å². The average Bonchev–Trinajstić information content (AvgIpc) is 3.58. The van der Waals surface area contributed by atoms with Crippen LogP contribution < -0.4 is 9.47 Å². The van der Waals surface area contributed by atoms with E-state index in [1.807, 2.05) is 65.8 Å². The van der Waals surface area contributed by atoms with Gasteiger partial charge in [-0.1, -0.05) is 78.4 Å². The lowest BCUT2D eigenvalue weighted by Gasteiger charge is -2.21. The second-order valence-electron chi connectivity index (χ2n) is 14.2. The van der Waals surface area contributed by atoms with Crippen molar-refractivity contribution in [3.8, 4) is 11.5 Å². The maximum Gasteiger partial charge on any atom is 0.347 e. The van der Waals surface area contributed by atoms with E-state index >= 15 is 0 Å². The Morgan fingerprint density at radius 3 is 1.28 bits per heavy atom. The number of aromatic nitrogens is 2. The number of benzene rings is 2.